The number of amides is 2. The summed E-state index contributed by atoms with van der Waals surface area (Å²) in [6, 6.07) is -1.31. The predicted molar refractivity (Wildman–Crippen MR) is 157 cm³/mol. The van der Waals surface area contributed by atoms with Crippen molar-refractivity contribution in [1.29, 1.82) is 0 Å². The van der Waals surface area contributed by atoms with E-state index in [4.69, 9.17) is 9.47 Å². The zero-order valence-corrected chi connectivity index (χ0v) is 25.8. The molecular weight excluding hydrogens is 558 g/mol. The van der Waals surface area contributed by atoms with Crippen LogP contribution in [0.4, 0.5) is 4.79 Å². The average molecular weight is 603 g/mol. The maximum atomic E-state index is 14.0. The van der Waals surface area contributed by atoms with Gasteiger partial charge < -0.3 is 34.0 Å². The number of carbonyl (C=O) groups is 4. The van der Waals surface area contributed by atoms with Gasteiger partial charge in [0.2, 0.25) is 12.7 Å². The van der Waals surface area contributed by atoms with E-state index in [1.807, 2.05) is 0 Å². The molecule has 0 saturated heterocycles. The topological polar surface area (TPSA) is 154 Å². The third-order valence-electron chi connectivity index (χ3n) is 5.28. The van der Waals surface area contributed by atoms with Crippen LogP contribution in [-0.2, 0) is 37.7 Å². The highest BCUT2D eigenvalue weighted by atomic mass is 31.2. The number of alkyl carbamates (subject to hydrolysis) is 1. The lowest BCUT2D eigenvalue weighted by Crippen LogP contribution is -2.45. The Kier molecular flexibility index (Phi) is 16.4. The van der Waals surface area contributed by atoms with E-state index in [1.54, 1.807) is 27.7 Å². The molecule has 2 N–H and O–H groups in total. The molecule has 2 amide bonds. The second kappa shape index (κ2) is 17.7. The molecule has 0 spiro atoms. The van der Waals surface area contributed by atoms with E-state index in [1.165, 1.54) is 24.3 Å². The first-order chi connectivity index (χ1) is 18.6. The Morgan fingerprint density at radius 3 is 1.70 bits per heavy atom. The van der Waals surface area contributed by atoms with Crippen molar-refractivity contribution in [1.82, 2.24) is 10.6 Å². The summed E-state index contributed by atoms with van der Waals surface area (Å²) in [4.78, 5) is 49.4. The quantitative estimate of drug-likeness (QED) is 0.0901. The van der Waals surface area contributed by atoms with Crippen LogP contribution in [0.3, 0.4) is 0 Å². The summed E-state index contributed by atoms with van der Waals surface area (Å²) in [5.41, 5.74) is -2.10. The molecule has 0 aliphatic heterocycles. The second-order valence-corrected chi connectivity index (χ2v) is 16.6. The molecule has 0 aliphatic rings. The monoisotopic (exact) mass is 602 g/mol. The van der Waals surface area contributed by atoms with Crippen LogP contribution in [0.2, 0.25) is 0 Å². The molecule has 11 nitrogen and oxygen atoms in total. The summed E-state index contributed by atoms with van der Waals surface area (Å²) < 4.78 is 42.8. The van der Waals surface area contributed by atoms with E-state index in [-0.39, 0.29) is 43.9 Å². The second-order valence-electron chi connectivity index (χ2n) is 9.92. The summed E-state index contributed by atoms with van der Waals surface area (Å²) >= 11 is 0. The normalized spacial score (nSPS) is 12.4. The van der Waals surface area contributed by atoms with E-state index in [9.17, 15) is 28.3 Å². The van der Waals surface area contributed by atoms with Crippen molar-refractivity contribution in [3.63, 3.8) is 0 Å². The van der Waals surface area contributed by atoms with Gasteiger partial charge in [-0.15, -0.1) is 26.3 Å². The predicted octanol–water partition coefficient (Wildman–Crippen LogP) is 4.98. The minimum atomic E-state index is -3.35. The minimum absolute atomic E-state index is 0.0127. The molecule has 0 heterocycles. The Morgan fingerprint density at radius 1 is 0.825 bits per heavy atom. The van der Waals surface area contributed by atoms with Crippen LogP contribution in [0.5, 0.6) is 0 Å². The van der Waals surface area contributed by atoms with Gasteiger partial charge in [-0.2, -0.15) is 0 Å². The van der Waals surface area contributed by atoms with Crippen molar-refractivity contribution in [2.45, 2.75) is 64.1 Å². The van der Waals surface area contributed by atoms with Gasteiger partial charge in [0.05, 0.1) is 0 Å². The number of allylic oxidation sites excluding steroid dienone is 4. The lowest BCUT2D eigenvalue weighted by molar-refractivity contribution is -0.158. The van der Waals surface area contributed by atoms with E-state index in [0.29, 0.717) is 0 Å². The molecule has 1 atom stereocenters. The van der Waals surface area contributed by atoms with Crippen LogP contribution in [0.25, 0.3) is 0 Å². The number of ether oxygens (including phenoxy) is 3. The summed E-state index contributed by atoms with van der Waals surface area (Å²) in [5, 5.41) is 4.99. The van der Waals surface area contributed by atoms with Crippen molar-refractivity contribution in [2.75, 3.05) is 31.4 Å². The molecule has 0 aromatic heterocycles. The third-order valence-corrected chi connectivity index (χ3v) is 13.3. The van der Waals surface area contributed by atoms with Crippen LogP contribution >= 0.6 is 14.3 Å². The smallest absolute Gasteiger partial charge is 0.410 e. The van der Waals surface area contributed by atoms with Gasteiger partial charge >= 0.3 is 18.0 Å². The number of rotatable bonds is 19. The molecule has 0 radical (unpaired) electrons. The summed E-state index contributed by atoms with van der Waals surface area (Å²) in [6.07, 6.45) is 4.30. The largest absolute Gasteiger partial charge is 0.458 e. The van der Waals surface area contributed by atoms with Crippen molar-refractivity contribution >= 4 is 38.2 Å². The summed E-state index contributed by atoms with van der Waals surface area (Å²) in [5.74, 6) is -2.06. The van der Waals surface area contributed by atoms with Crippen LogP contribution in [0.15, 0.2) is 50.6 Å². The number of esters is 2. The molecule has 0 rings (SSSR count). The van der Waals surface area contributed by atoms with Gasteiger partial charge in [0.1, 0.15) is 31.5 Å². The number of hydrogen-bond donors (Lipinski definition) is 2. The Labute approximate surface area is 237 Å². The molecule has 226 valence electrons. The molecular formula is C27H44N2O9P2. The van der Waals surface area contributed by atoms with Crippen LogP contribution in [0.1, 0.15) is 47.0 Å². The Hall–Kier alpha value is -2.90. The highest BCUT2D eigenvalue weighted by Gasteiger charge is 2.44. The zero-order chi connectivity index (χ0) is 31.0. The standard InChI is InChI=1S/C27H44N2O9P2/c1-9-16-39(34,17-10-2)26(40(35,18-11-3)19-12-4)29-22(30)15-14-21(24(32)38-27(6,7)8)28-25(33)37-20-36-23(31)13-5/h9-12,21,26H,1-4,13-20H2,5-8H3,(H,28,33)(H,29,30)/t21-/m0/s1. The van der Waals surface area contributed by atoms with E-state index in [0.717, 1.165) is 0 Å². The Balaban J connectivity index is 5.91. The third kappa shape index (κ3) is 13.4. The van der Waals surface area contributed by atoms with Gasteiger partial charge in [-0.25, -0.2) is 9.59 Å². The molecule has 40 heavy (non-hydrogen) atoms. The molecule has 13 heteroatoms. The van der Waals surface area contributed by atoms with E-state index in [2.05, 4.69) is 41.7 Å². The first-order valence-corrected chi connectivity index (χ1v) is 17.1. The fraction of sp³-hybridized carbons (Fsp3) is 0.556. The molecule has 0 bridgehead atoms. The van der Waals surface area contributed by atoms with Gasteiger partial charge in [-0.3, -0.25) is 9.59 Å². The first-order valence-electron chi connectivity index (χ1n) is 12.8. The number of hydrogen-bond acceptors (Lipinski definition) is 9. The van der Waals surface area contributed by atoms with Gasteiger partial charge in [0.25, 0.3) is 0 Å². The SMILES string of the molecule is C=CCP(=O)(CC=C)C(NC(=O)CC[C@H](NC(=O)OCOC(=O)CC)C(=O)OC(C)(C)C)P(=O)(CC=C)CC=C. The fourth-order valence-corrected chi connectivity index (χ4v) is 11.4. The van der Waals surface area contributed by atoms with Gasteiger partial charge in [0.15, 0.2) is 0 Å². The Morgan fingerprint density at radius 2 is 1.30 bits per heavy atom. The zero-order valence-electron chi connectivity index (χ0n) is 24.0. The van der Waals surface area contributed by atoms with E-state index < -0.39 is 62.2 Å². The lowest BCUT2D eigenvalue weighted by Gasteiger charge is -2.33. The molecule has 0 fully saturated rings. The van der Waals surface area contributed by atoms with Crippen molar-refractivity contribution in [3.8, 4) is 0 Å². The van der Waals surface area contributed by atoms with Gasteiger partial charge in [-0.1, -0.05) is 31.2 Å². The summed E-state index contributed by atoms with van der Waals surface area (Å²) in [7, 11) is -6.71. The molecule has 0 aromatic carbocycles. The van der Waals surface area contributed by atoms with Gasteiger partial charge in [-0.05, 0) is 27.2 Å². The number of nitrogens with one attached hydrogen (secondary N) is 2. The fourth-order valence-electron chi connectivity index (χ4n) is 3.59. The molecule has 0 aromatic rings. The van der Waals surface area contributed by atoms with Crippen LogP contribution < -0.4 is 10.6 Å². The summed E-state index contributed by atoms with van der Waals surface area (Å²) in [6.45, 7) is 20.4. The van der Waals surface area contributed by atoms with Crippen LogP contribution in [0, 0.1) is 0 Å². The molecule has 0 saturated carbocycles. The molecule has 0 unspecified atom stereocenters. The van der Waals surface area contributed by atoms with Crippen molar-refractivity contribution in [3.05, 3.63) is 50.6 Å². The van der Waals surface area contributed by atoms with Gasteiger partial charge in [0, 0.05) is 37.5 Å². The maximum absolute atomic E-state index is 14.0. The minimum Gasteiger partial charge on any atom is -0.458 e. The average Bonchev–Trinajstić information content (AvgIpc) is 2.84. The molecule has 0 aliphatic carbocycles. The van der Waals surface area contributed by atoms with Crippen molar-refractivity contribution in [2.24, 2.45) is 0 Å². The maximum Gasteiger partial charge on any atom is 0.410 e. The Bertz CT molecular complexity index is 968. The van der Waals surface area contributed by atoms with Crippen LogP contribution in [-0.4, -0.2) is 72.5 Å². The highest BCUT2D eigenvalue weighted by Crippen LogP contribution is 2.67. The number of carbonyl (C=O) groups excluding carboxylic acids is 4. The van der Waals surface area contributed by atoms with Crippen molar-refractivity contribution < 1.29 is 42.5 Å². The lowest BCUT2D eigenvalue weighted by atomic mass is 10.1. The van der Waals surface area contributed by atoms with E-state index >= 15 is 0 Å². The first kappa shape index (κ1) is 37.1. The highest BCUT2D eigenvalue weighted by molar-refractivity contribution is 7.82.